The molecule has 0 aliphatic carbocycles. The molecule has 0 aliphatic heterocycles. The van der Waals surface area contributed by atoms with Crippen LogP contribution in [0.25, 0.3) is 0 Å². The number of phenols is 1. The quantitative estimate of drug-likeness (QED) is 0.831. The first-order valence-corrected chi connectivity index (χ1v) is 8.11. The first kappa shape index (κ1) is 16.9. The third-order valence-corrected chi connectivity index (χ3v) is 4.72. The summed E-state index contributed by atoms with van der Waals surface area (Å²) in [5.41, 5.74) is 0. The predicted octanol–water partition coefficient (Wildman–Crippen LogP) is 1.60. The number of likely N-dealkylation sites (N-methyl/N-ethyl adjacent to an activating group) is 1. The lowest BCUT2D eigenvalue weighted by Gasteiger charge is -2.25. The maximum absolute atomic E-state index is 12.6. The van der Waals surface area contributed by atoms with E-state index in [1.54, 1.807) is 0 Å². The zero-order valence-electron chi connectivity index (χ0n) is 12.6. The molecule has 1 aromatic carbocycles. The molecule has 0 radical (unpaired) electrons. The molecule has 6 heteroatoms. The molecule has 20 heavy (non-hydrogen) atoms. The van der Waals surface area contributed by atoms with Crippen molar-refractivity contribution in [3.8, 4) is 5.75 Å². The number of nitrogens with zero attached hydrogens (tertiary/aromatic N) is 2. The van der Waals surface area contributed by atoms with Gasteiger partial charge in [0.1, 0.15) is 5.75 Å². The third-order valence-electron chi connectivity index (χ3n) is 2.84. The average molecular weight is 300 g/mol. The van der Waals surface area contributed by atoms with Crippen LogP contribution in [0.5, 0.6) is 5.75 Å². The molecule has 0 bridgehead atoms. The van der Waals surface area contributed by atoms with Crippen molar-refractivity contribution in [2.24, 2.45) is 5.92 Å². The van der Waals surface area contributed by atoms with Crippen LogP contribution in [0.3, 0.4) is 0 Å². The third kappa shape index (κ3) is 4.77. The Morgan fingerprint density at radius 3 is 2.10 bits per heavy atom. The van der Waals surface area contributed by atoms with Crippen molar-refractivity contribution in [2.45, 2.75) is 18.7 Å². The maximum atomic E-state index is 12.6. The Morgan fingerprint density at radius 1 is 1.10 bits per heavy atom. The van der Waals surface area contributed by atoms with E-state index in [9.17, 15) is 13.5 Å². The van der Waals surface area contributed by atoms with Crippen LogP contribution in [0, 0.1) is 5.92 Å². The van der Waals surface area contributed by atoms with Gasteiger partial charge in [-0.25, -0.2) is 8.42 Å². The number of aromatic hydroxyl groups is 1. The van der Waals surface area contributed by atoms with E-state index in [0.717, 1.165) is 0 Å². The number of hydrogen-bond acceptors (Lipinski definition) is 4. The van der Waals surface area contributed by atoms with Crippen molar-refractivity contribution in [3.63, 3.8) is 0 Å². The molecule has 0 amide bonds. The van der Waals surface area contributed by atoms with Crippen LogP contribution in [-0.4, -0.2) is 56.5 Å². The van der Waals surface area contributed by atoms with Crippen molar-refractivity contribution in [1.82, 2.24) is 9.21 Å². The second kappa shape index (κ2) is 7.06. The molecule has 0 aromatic heterocycles. The number of rotatable bonds is 7. The SMILES string of the molecule is CC(C)CN(CCN(C)C)S(=O)(=O)c1ccc(O)cc1. The number of hydrogen-bond donors (Lipinski definition) is 1. The van der Waals surface area contributed by atoms with Gasteiger partial charge in [0.05, 0.1) is 4.90 Å². The molecule has 0 aliphatic rings. The van der Waals surface area contributed by atoms with E-state index in [-0.39, 0.29) is 16.6 Å². The highest BCUT2D eigenvalue weighted by atomic mass is 32.2. The molecule has 1 aromatic rings. The lowest BCUT2D eigenvalue weighted by Crippen LogP contribution is -2.38. The molecular formula is C14H24N2O3S. The zero-order valence-corrected chi connectivity index (χ0v) is 13.4. The van der Waals surface area contributed by atoms with Crippen molar-refractivity contribution in [1.29, 1.82) is 0 Å². The van der Waals surface area contributed by atoms with E-state index in [2.05, 4.69) is 0 Å². The molecule has 0 saturated heterocycles. The average Bonchev–Trinajstić information content (AvgIpc) is 2.34. The monoisotopic (exact) mass is 300 g/mol. The minimum Gasteiger partial charge on any atom is -0.508 e. The van der Waals surface area contributed by atoms with Crippen LogP contribution in [-0.2, 0) is 10.0 Å². The van der Waals surface area contributed by atoms with Crippen LogP contribution in [0.15, 0.2) is 29.2 Å². The van der Waals surface area contributed by atoms with Crippen molar-refractivity contribution < 1.29 is 13.5 Å². The summed E-state index contributed by atoms with van der Waals surface area (Å²) in [6.45, 7) is 5.60. The lowest BCUT2D eigenvalue weighted by molar-refractivity contribution is 0.312. The van der Waals surface area contributed by atoms with E-state index >= 15 is 0 Å². The van der Waals surface area contributed by atoms with E-state index in [0.29, 0.717) is 19.6 Å². The lowest BCUT2D eigenvalue weighted by atomic mass is 10.2. The fraction of sp³-hybridized carbons (Fsp3) is 0.571. The number of sulfonamides is 1. The van der Waals surface area contributed by atoms with Gasteiger partial charge >= 0.3 is 0 Å². The first-order chi connectivity index (χ1) is 9.23. The molecule has 0 atom stereocenters. The van der Waals surface area contributed by atoms with Gasteiger partial charge in [0.15, 0.2) is 0 Å². The molecule has 0 saturated carbocycles. The van der Waals surface area contributed by atoms with Crippen LogP contribution in [0.2, 0.25) is 0 Å². The molecular weight excluding hydrogens is 276 g/mol. The summed E-state index contributed by atoms with van der Waals surface area (Å²) < 4.78 is 26.7. The highest BCUT2D eigenvalue weighted by Gasteiger charge is 2.24. The van der Waals surface area contributed by atoms with Gasteiger partial charge in [-0.05, 0) is 44.3 Å². The Hall–Kier alpha value is -1.11. The van der Waals surface area contributed by atoms with Crippen molar-refractivity contribution in [3.05, 3.63) is 24.3 Å². The fourth-order valence-electron chi connectivity index (χ4n) is 1.80. The van der Waals surface area contributed by atoms with Gasteiger partial charge in [0, 0.05) is 19.6 Å². The highest BCUT2D eigenvalue weighted by Crippen LogP contribution is 2.19. The van der Waals surface area contributed by atoms with Gasteiger partial charge < -0.3 is 10.0 Å². The highest BCUT2D eigenvalue weighted by molar-refractivity contribution is 7.89. The normalized spacial score (nSPS) is 12.6. The second-order valence-electron chi connectivity index (χ2n) is 5.55. The topological polar surface area (TPSA) is 60.9 Å². The Labute approximate surface area is 121 Å². The van der Waals surface area contributed by atoms with Gasteiger partial charge in [-0.2, -0.15) is 4.31 Å². The van der Waals surface area contributed by atoms with Crippen LogP contribution < -0.4 is 0 Å². The Balaban J connectivity index is 3.00. The minimum absolute atomic E-state index is 0.0626. The smallest absolute Gasteiger partial charge is 0.243 e. The molecule has 1 rings (SSSR count). The molecule has 0 fully saturated rings. The maximum Gasteiger partial charge on any atom is 0.243 e. The predicted molar refractivity (Wildman–Crippen MR) is 80.3 cm³/mol. The van der Waals surface area contributed by atoms with E-state index in [1.807, 2.05) is 32.8 Å². The Bertz CT molecular complexity index is 510. The summed E-state index contributed by atoms with van der Waals surface area (Å²) in [4.78, 5) is 2.18. The van der Waals surface area contributed by atoms with Crippen LogP contribution in [0.4, 0.5) is 0 Å². The summed E-state index contributed by atoms with van der Waals surface area (Å²) in [6, 6.07) is 5.67. The largest absolute Gasteiger partial charge is 0.508 e. The number of benzene rings is 1. The van der Waals surface area contributed by atoms with Crippen LogP contribution >= 0.6 is 0 Å². The molecule has 114 valence electrons. The molecule has 0 unspecified atom stereocenters. The zero-order chi connectivity index (χ0) is 15.3. The van der Waals surface area contributed by atoms with Gasteiger partial charge in [0.2, 0.25) is 10.0 Å². The summed E-state index contributed by atoms with van der Waals surface area (Å²) in [5.74, 6) is 0.316. The van der Waals surface area contributed by atoms with Gasteiger partial charge in [-0.15, -0.1) is 0 Å². The molecule has 0 heterocycles. The summed E-state index contributed by atoms with van der Waals surface area (Å²) >= 11 is 0. The minimum atomic E-state index is -3.51. The second-order valence-corrected chi connectivity index (χ2v) is 7.49. The summed E-state index contributed by atoms with van der Waals surface area (Å²) in [6.07, 6.45) is 0. The Kier molecular flexibility index (Phi) is 5.98. The molecule has 0 spiro atoms. The van der Waals surface area contributed by atoms with E-state index in [1.165, 1.54) is 28.6 Å². The van der Waals surface area contributed by atoms with E-state index < -0.39 is 10.0 Å². The molecule has 1 N–H and O–H groups in total. The van der Waals surface area contributed by atoms with E-state index in [4.69, 9.17) is 0 Å². The van der Waals surface area contributed by atoms with Gasteiger partial charge in [-0.1, -0.05) is 13.8 Å². The van der Waals surface area contributed by atoms with Crippen molar-refractivity contribution in [2.75, 3.05) is 33.7 Å². The first-order valence-electron chi connectivity index (χ1n) is 6.67. The number of phenolic OH excluding ortho intramolecular Hbond substituents is 1. The Morgan fingerprint density at radius 2 is 1.65 bits per heavy atom. The van der Waals surface area contributed by atoms with Gasteiger partial charge in [0.25, 0.3) is 0 Å². The standard InChI is InChI=1S/C14H24N2O3S/c1-12(2)11-16(10-9-15(3)4)20(18,19)14-7-5-13(17)6-8-14/h5-8,12,17H,9-11H2,1-4H3. The molecule has 5 nitrogen and oxygen atoms in total. The van der Waals surface area contributed by atoms with Crippen LogP contribution in [0.1, 0.15) is 13.8 Å². The fourth-order valence-corrected chi connectivity index (χ4v) is 3.39. The summed E-state index contributed by atoms with van der Waals surface area (Å²) in [5, 5.41) is 9.27. The summed E-state index contributed by atoms with van der Waals surface area (Å²) in [7, 11) is 0.322. The van der Waals surface area contributed by atoms with Crippen molar-refractivity contribution >= 4 is 10.0 Å². The van der Waals surface area contributed by atoms with Gasteiger partial charge in [-0.3, -0.25) is 0 Å².